The zero-order valence-corrected chi connectivity index (χ0v) is 9.74. The van der Waals surface area contributed by atoms with E-state index in [-0.39, 0.29) is 26.3 Å². The highest BCUT2D eigenvalue weighted by Crippen LogP contribution is 2.17. The Morgan fingerprint density at radius 1 is 1.44 bits per heavy atom. The van der Waals surface area contributed by atoms with Gasteiger partial charge in [0.25, 0.3) is 0 Å². The van der Waals surface area contributed by atoms with Crippen LogP contribution in [-0.4, -0.2) is 37.1 Å². The number of aliphatic hydroxyl groups excluding tert-OH is 1. The van der Waals surface area contributed by atoms with Gasteiger partial charge in [0.15, 0.2) is 0 Å². The van der Waals surface area contributed by atoms with E-state index in [2.05, 4.69) is 5.32 Å². The van der Waals surface area contributed by atoms with E-state index < -0.39 is 18.7 Å². The van der Waals surface area contributed by atoms with Crippen molar-refractivity contribution in [2.24, 2.45) is 0 Å². The van der Waals surface area contributed by atoms with Crippen LogP contribution >= 0.6 is 0 Å². The second-order valence-electron chi connectivity index (χ2n) is 3.82. The molecule has 0 aromatic carbocycles. The second kappa shape index (κ2) is 7.40. The second-order valence-corrected chi connectivity index (χ2v) is 3.82. The Morgan fingerprint density at radius 3 is 2.83 bits per heavy atom. The Bertz CT molecular complexity index is 314. The van der Waals surface area contributed by atoms with Crippen LogP contribution < -0.4 is 5.32 Å². The van der Waals surface area contributed by atoms with Gasteiger partial charge < -0.3 is 19.6 Å². The first-order valence-corrected chi connectivity index (χ1v) is 5.53. The van der Waals surface area contributed by atoms with Gasteiger partial charge in [-0.05, 0) is 12.1 Å². The standard InChI is InChI=1S/C11H16F3NO3/c12-11(13,14)3-4-15-6-9(16)7-17-8-10-2-1-5-18-10/h1-2,5,9,15-16H,3-4,6-8H2. The fourth-order valence-electron chi connectivity index (χ4n) is 1.25. The molecule has 0 radical (unpaired) electrons. The molecule has 1 heterocycles. The fraction of sp³-hybridized carbons (Fsp3) is 0.636. The smallest absolute Gasteiger partial charge is 0.390 e. The lowest BCUT2D eigenvalue weighted by Crippen LogP contribution is -2.32. The third-order valence-electron chi connectivity index (χ3n) is 2.10. The van der Waals surface area contributed by atoms with E-state index in [0.717, 1.165) is 0 Å². The molecule has 4 nitrogen and oxygen atoms in total. The van der Waals surface area contributed by atoms with E-state index in [9.17, 15) is 18.3 Å². The van der Waals surface area contributed by atoms with Crippen molar-refractivity contribution in [3.63, 3.8) is 0 Å². The highest BCUT2D eigenvalue weighted by atomic mass is 19.4. The van der Waals surface area contributed by atoms with Gasteiger partial charge in [0.1, 0.15) is 12.4 Å². The number of rotatable bonds is 8. The van der Waals surface area contributed by atoms with Crippen molar-refractivity contribution >= 4 is 0 Å². The fourth-order valence-corrected chi connectivity index (χ4v) is 1.25. The summed E-state index contributed by atoms with van der Waals surface area (Å²) in [5.41, 5.74) is 0. The van der Waals surface area contributed by atoms with Gasteiger partial charge in [-0.25, -0.2) is 0 Å². The Labute approximate surface area is 103 Å². The number of alkyl halides is 3. The molecule has 0 aliphatic rings. The summed E-state index contributed by atoms with van der Waals surface area (Å²) in [6, 6.07) is 3.45. The summed E-state index contributed by atoms with van der Waals surface area (Å²) in [4.78, 5) is 0. The first kappa shape index (κ1) is 15.0. The van der Waals surface area contributed by atoms with Crippen LogP contribution in [0.1, 0.15) is 12.2 Å². The van der Waals surface area contributed by atoms with E-state index in [0.29, 0.717) is 5.76 Å². The van der Waals surface area contributed by atoms with E-state index in [1.165, 1.54) is 6.26 Å². The van der Waals surface area contributed by atoms with Crippen LogP contribution in [0.15, 0.2) is 22.8 Å². The van der Waals surface area contributed by atoms with Crippen LogP contribution in [-0.2, 0) is 11.3 Å². The Balaban J connectivity index is 1.99. The minimum atomic E-state index is -4.17. The molecule has 7 heteroatoms. The quantitative estimate of drug-likeness (QED) is 0.704. The molecule has 1 rings (SSSR count). The highest BCUT2D eigenvalue weighted by molar-refractivity contribution is 4.96. The zero-order chi connectivity index (χ0) is 13.4. The molecule has 18 heavy (non-hydrogen) atoms. The van der Waals surface area contributed by atoms with E-state index in [4.69, 9.17) is 9.15 Å². The molecule has 1 aromatic rings. The molecule has 1 unspecified atom stereocenters. The van der Waals surface area contributed by atoms with Gasteiger partial charge >= 0.3 is 6.18 Å². The van der Waals surface area contributed by atoms with Gasteiger partial charge in [0, 0.05) is 13.1 Å². The molecule has 104 valence electrons. The van der Waals surface area contributed by atoms with Gasteiger partial charge in [-0.1, -0.05) is 0 Å². The van der Waals surface area contributed by atoms with Crippen LogP contribution in [0, 0.1) is 0 Å². The Kier molecular flexibility index (Phi) is 6.17. The summed E-state index contributed by atoms with van der Waals surface area (Å²) in [6.07, 6.45) is -4.41. The molecule has 0 saturated carbocycles. The van der Waals surface area contributed by atoms with E-state index in [1.54, 1.807) is 12.1 Å². The number of furan rings is 1. The molecular weight excluding hydrogens is 251 g/mol. The van der Waals surface area contributed by atoms with Gasteiger partial charge in [0.2, 0.25) is 0 Å². The SMILES string of the molecule is OC(CNCCC(F)(F)F)COCc1ccco1. The average molecular weight is 267 g/mol. The molecule has 0 spiro atoms. The molecule has 0 bridgehead atoms. The lowest BCUT2D eigenvalue weighted by Gasteiger charge is -2.12. The van der Waals surface area contributed by atoms with Crippen molar-refractivity contribution in [1.82, 2.24) is 5.32 Å². The Hall–Kier alpha value is -1.05. The van der Waals surface area contributed by atoms with Crippen molar-refractivity contribution in [2.75, 3.05) is 19.7 Å². The first-order valence-electron chi connectivity index (χ1n) is 5.53. The lowest BCUT2D eigenvalue weighted by atomic mass is 10.3. The number of hydrogen-bond donors (Lipinski definition) is 2. The van der Waals surface area contributed by atoms with Gasteiger partial charge in [0.05, 0.1) is 25.4 Å². The first-order chi connectivity index (χ1) is 8.47. The number of nitrogens with one attached hydrogen (secondary N) is 1. The predicted molar refractivity (Wildman–Crippen MR) is 57.9 cm³/mol. The topological polar surface area (TPSA) is 54.6 Å². The lowest BCUT2D eigenvalue weighted by molar-refractivity contribution is -0.133. The van der Waals surface area contributed by atoms with Crippen molar-refractivity contribution in [3.8, 4) is 0 Å². The summed E-state index contributed by atoms with van der Waals surface area (Å²) in [7, 11) is 0. The minimum absolute atomic E-state index is 0.0414. The minimum Gasteiger partial charge on any atom is -0.467 e. The number of aliphatic hydroxyl groups is 1. The van der Waals surface area contributed by atoms with Gasteiger partial charge in [-0.15, -0.1) is 0 Å². The molecule has 0 saturated heterocycles. The van der Waals surface area contributed by atoms with Crippen LogP contribution in [0.4, 0.5) is 13.2 Å². The Morgan fingerprint density at radius 2 is 2.22 bits per heavy atom. The number of halogens is 3. The number of hydrogen-bond acceptors (Lipinski definition) is 4. The van der Waals surface area contributed by atoms with Crippen LogP contribution in [0.2, 0.25) is 0 Å². The highest BCUT2D eigenvalue weighted by Gasteiger charge is 2.26. The monoisotopic (exact) mass is 267 g/mol. The summed E-state index contributed by atoms with van der Waals surface area (Å²) < 4.78 is 45.5. The van der Waals surface area contributed by atoms with Crippen molar-refractivity contribution in [1.29, 1.82) is 0 Å². The molecule has 1 atom stereocenters. The van der Waals surface area contributed by atoms with Gasteiger partial charge in [-0.3, -0.25) is 0 Å². The van der Waals surface area contributed by atoms with Gasteiger partial charge in [-0.2, -0.15) is 13.2 Å². The molecule has 1 aromatic heterocycles. The van der Waals surface area contributed by atoms with Crippen molar-refractivity contribution in [2.45, 2.75) is 25.3 Å². The van der Waals surface area contributed by atoms with Crippen LogP contribution in [0.5, 0.6) is 0 Å². The molecule has 0 fully saturated rings. The van der Waals surface area contributed by atoms with Crippen molar-refractivity contribution < 1.29 is 27.4 Å². The number of ether oxygens (including phenoxy) is 1. The summed E-state index contributed by atoms with van der Waals surface area (Å²) in [5, 5.41) is 11.9. The van der Waals surface area contributed by atoms with Crippen LogP contribution in [0.3, 0.4) is 0 Å². The van der Waals surface area contributed by atoms with E-state index >= 15 is 0 Å². The molecule has 2 N–H and O–H groups in total. The maximum Gasteiger partial charge on any atom is 0.390 e. The molecular formula is C11H16F3NO3. The molecule has 0 amide bonds. The third kappa shape index (κ3) is 7.31. The molecule has 0 aliphatic carbocycles. The average Bonchev–Trinajstić information content (AvgIpc) is 2.76. The summed E-state index contributed by atoms with van der Waals surface area (Å²) in [6.45, 7) is 0.124. The summed E-state index contributed by atoms with van der Waals surface area (Å²) in [5.74, 6) is 0.632. The maximum absolute atomic E-state index is 11.8. The maximum atomic E-state index is 11.8. The molecule has 0 aliphatic heterocycles. The van der Waals surface area contributed by atoms with Crippen LogP contribution in [0.25, 0.3) is 0 Å². The third-order valence-corrected chi connectivity index (χ3v) is 2.10. The normalized spacial score (nSPS) is 13.8. The van der Waals surface area contributed by atoms with E-state index in [1.807, 2.05) is 0 Å². The van der Waals surface area contributed by atoms with Crippen molar-refractivity contribution in [3.05, 3.63) is 24.2 Å². The predicted octanol–water partition coefficient (Wildman–Crippen LogP) is 1.70. The largest absolute Gasteiger partial charge is 0.467 e. The summed E-state index contributed by atoms with van der Waals surface area (Å²) >= 11 is 0. The zero-order valence-electron chi connectivity index (χ0n) is 9.74.